The highest BCUT2D eigenvalue weighted by Gasteiger charge is 2.03. The molecule has 0 radical (unpaired) electrons. The number of nitrogens with one attached hydrogen (secondary N) is 1. The molecule has 2 aromatic rings. The number of aryl methyl sites for hydroxylation is 1. The highest BCUT2D eigenvalue weighted by molar-refractivity contribution is 7.09. The Bertz CT molecular complexity index is 541. The van der Waals surface area contributed by atoms with Crippen molar-refractivity contribution >= 4 is 17.2 Å². The maximum absolute atomic E-state index is 11.7. The number of thiazole rings is 1. The lowest BCUT2D eigenvalue weighted by Crippen LogP contribution is -2.25. The molecule has 106 valence electrons. The number of ether oxygens (including phenoxy) is 1. The zero-order valence-corrected chi connectivity index (χ0v) is 12.3. The molecule has 1 N–H and O–H groups in total. The van der Waals surface area contributed by atoms with Crippen molar-refractivity contribution in [2.45, 2.75) is 19.3 Å². The standard InChI is InChI=1S/C15H18N2O2S/c1-19-13-4-2-3-12(9-13)5-6-15(18)17-8-7-14-10-16-11-20-14/h2-4,9-11H,5-8H2,1H3,(H,17,18). The first kappa shape index (κ1) is 14.5. The molecule has 20 heavy (non-hydrogen) atoms. The topological polar surface area (TPSA) is 51.2 Å². The number of benzene rings is 1. The molecule has 0 spiro atoms. The number of carbonyl (C=O) groups is 1. The number of amides is 1. The monoisotopic (exact) mass is 290 g/mol. The summed E-state index contributed by atoms with van der Waals surface area (Å²) in [6.45, 7) is 0.666. The Kier molecular flexibility index (Phi) is 5.55. The van der Waals surface area contributed by atoms with Gasteiger partial charge in [-0.15, -0.1) is 11.3 Å². The van der Waals surface area contributed by atoms with Crippen molar-refractivity contribution in [1.82, 2.24) is 10.3 Å². The van der Waals surface area contributed by atoms with Crippen molar-refractivity contribution < 1.29 is 9.53 Å². The molecule has 0 atom stereocenters. The smallest absolute Gasteiger partial charge is 0.220 e. The molecule has 0 aliphatic carbocycles. The van der Waals surface area contributed by atoms with Crippen molar-refractivity contribution in [3.8, 4) is 5.75 Å². The number of hydrogen-bond acceptors (Lipinski definition) is 4. The Morgan fingerprint density at radius 2 is 2.30 bits per heavy atom. The first-order chi connectivity index (χ1) is 9.78. The van der Waals surface area contributed by atoms with Gasteiger partial charge >= 0.3 is 0 Å². The first-order valence-corrected chi connectivity index (χ1v) is 7.43. The second kappa shape index (κ2) is 7.65. The van der Waals surface area contributed by atoms with Crippen molar-refractivity contribution in [1.29, 1.82) is 0 Å². The highest BCUT2D eigenvalue weighted by atomic mass is 32.1. The molecule has 0 saturated carbocycles. The first-order valence-electron chi connectivity index (χ1n) is 6.55. The summed E-state index contributed by atoms with van der Waals surface area (Å²) in [6.07, 6.45) is 3.90. The van der Waals surface area contributed by atoms with Crippen LogP contribution in [-0.2, 0) is 17.6 Å². The molecule has 0 aliphatic heterocycles. The Morgan fingerprint density at radius 1 is 1.40 bits per heavy atom. The summed E-state index contributed by atoms with van der Waals surface area (Å²) in [6, 6.07) is 7.81. The molecule has 0 unspecified atom stereocenters. The lowest BCUT2D eigenvalue weighted by atomic mass is 10.1. The third-order valence-electron chi connectivity index (χ3n) is 2.95. The van der Waals surface area contributed by atoms with Gasteiger partial charge in [0.1, 0.15) is 5.75 Å². The van der Waals surface area contributed by atoms with Gasteiger partial charge in [0.2, 0.25) is 5.91 Å². The van der Waals surface area contributed by atoms with Crippen LogP contribution in [0, 0.1) is 0 Å². The van der Waals surface area contributed by atoms with Gasteiger partial charge in [-0.2, -0.15) is 0 Å². The predicted octanol–water partition coefficient (Wildman–Crippen LogP) is 2.44. The molecular formula is C15H18N2O2S. The van der Waals surface area contributed by atoms with E-state index < -0.39 is 0 Å². The molecule has 0 saturated heterocycles. The Morgan fingerprint density at radius 3 is 3.05 bits per heavy atom. The SMILES string of the molecule is COc1cccc(CCC(=O)NCCc2cncs2)c1. The van der Waals surface area contributed by atoms with Gasteiger partial charge in [-0.1, -0.05) is 12.1 Å². The van der Waals surface area contributed by atoms with Crippen LogP contribution in [-0.4, -0.2) is 24.5 Å². The van der Waals surface area contributed by atoms with Crippen molar-refractivity contribution in [3.63, 3.8) is 0 Å². The maximum Gasteiger partial charge on any atom is 0.220 e. The maximum atomic E-state index is 11.7. The van der Waals surface area contributed by atoms with E-state index in [0.29, 0.717) is 13.0 Å². The van der Waals surface area contributed by atoms with Gasteiger partial charge in [0, 0.05) is 30.5 Å². The van der Waals surface area contributed by atoms with Gasteiger partial charge < -0.3 is 10.1 Å². The van der Waals surface area contributed by atoms with E-state index in [1.807, 2.05) is 30.5 Å². The van der Waals surface area contributed by atoms with Crippen molar-refractivity contribution in [2.75, 3.05) is 13.7 Å². The molecule has 5 heteroatoms. The zero-order chi connectivity index (χ0) is 14.2. The molecule has 1 aromatic heterocycles. The fourth-order valence-corrected chi connectivity index (χ4v) is 2.46. The minimum Gasteiger partial charge on any atom is -0.497 e. The van der Waals surface area contributed by atoms with Crippen LogP contribution >= 0.6 is 11.3 Å². The minimum absolute atomic E-state index is 0.0809. The zero-order valence-electron chi connectivity index (χ0n) is 11.5. The summed E-state index contributed by atoms with van der Waals surface area (Å²) in [5.41, 5.74) is 2.92. The highest BCUT2D eigenvalue weighted by Crippen LogP contribution is 2.13. The molecule has 1 heterocycles. The minimum atomic E-state index is 0.0809. The lowest BCUT2D eigenvalue weighted by Gasteiger charge is -2.06. The Hall–Kier alpha value is -1.88. The van der Waals surface area contributed by atoms with Crippen LogP contribution in [0.3, 0.4) is 0 Å². The molecule has 0 bridgehead atoms. The average Bonchev–Trinajstić information content (AvgIpc) is 2.98. The Labute approximate surface area is 122 Å². The van der Waals surface area contributed by atoms with E-state index in [4.69, 9.17) is 4.74 Å². The Balaban J connectivity index is 1.69. The van der Waals surface area contributed by atoms with E-state index in [-0.39, 0.29) is 5.91 Å². The molecular weight excluding hydrogens is 272 g/mol. The fraction of sp³-hybridized carbons (Fsp3) is 0.333. The number of hydrogen-bond donors (Lipinski definition) is 1. The van der Waals surface area contributed by atoms with Crippen LogP contribution in [0.1, 0.15) is 16.9 Å². The number of methoxy groups -OCH3 is 1. The molecule has 2 rings (SSSR count). The lowest BCUT2D eigenvalue weighted by molar-refractivity contribution is -0.121. The fourth-order valence-electron chi connectivity index (χ4n) is 1.86. The number of aromatic nitrogens is 1. The van der Waals surface area contributed by atoms with E-state index in [0.717, 1.165) is 24.2 Å². The second-order valence-electron chi connectivity index (χ2n) is 4.42. The van der Waals surface area contributed by atoms with Gasteiger partial charge in [-0.05, 0) is 24.1 Å². The quantitative estimate of drug-likeness (QED) is 0.852. The number of nitrogens with zero attached hydrogens (tertiary/aromatic N) is 1. The molecule has 1 amide bonds. The van der Waals surface area contributed by atoms with E-state index in [9.17, 15) is 4.79 Å². The summed E-state index contributed by atoms with van der Waals surface area (Å²) in [4.78, 5) is 16.9. The van der Waals surface area contributed by atoms with Gasteiger partial charge in [-0.3, -0.25) is 9.78 Å². The third-order valence-corrected chi connectivity index (χ3v) is 3.79. The third kappa shape index (κ3) is 4.66. The van der Waals surface area contributed by atoms with Crippen LogP contribution in [0.2, 0.25) is 0 Å². The van der Waals surface area contributed by atoms with Gasteiger partial charge in [0.15, 0.2) is 0 Å². The summed E-state index contributed by atoms with van der Waals surface area (Å²) >= 11 is 1.61. The number of rotatable bonds is 7. The van der Waals surface area contributed by atoms with E-state index in [2.05, 4.69) is 10.3 Å². The van der Waals surface area contributed by atoms with Crippen LogP contribution in [0.4, 0.5) is 0 Å². The average molecular weight is 290 g/mol. The van der Waals surface area contributed by atoms with Gasteiger partial charge in [0.25, 0.3) is 0 Å². The molecule has 1 aromatic carbocycles. The van der Waals surface area contributed by atoms with Crippen LogP contribution < -0.4 is 10.1 Å². The molecule has 4 nitrogen and oxygen atoms in total. The van der Waals surface area contributed by atoms with Crippen molar-refractivity contribution in [2.24, 2.45) is 0 Å². The van der Waals surface area contributed by atoms with E-state index in [1.54, 1.807) is 24.0 Å². The molecule has 0 fully saturated rings. The number of carbonyl (C=O) groups excluding carboxylic acids is 1. The van der Waals surface area contributed by atoms with E-state index >= 15 is 0 Å². The second-order valence-corrected chi connectivity index (χ2v) is 5.39. The van der Waals surface area contributed by atoms with Gasteiger partial charge in [0.05, 0.1) is 12.6 Å². The summed E-state index contributed by atoms with van der Waals surface area (Å²) in [7, 11) is 1.64. The van der Waals surface area contributed by atoms with E-state index in [1.165, 1.54) is 4.88 Å². The normalized spacial score (nSPS) is 10.2. The predicted molar refractivity (Wildman–Crippen MR) is 80.1 cm³/mol. The van der Waals surface area contributed by atoms with Crippen LogP contribution in [0.5, 0.6) is 5.75 Å². The van der Waals surface area contributed by atoms with Gasteiger partial charge in [-0.25, -0.2) is 0 Å². The molecule has 0 aliphatic rings. The van der Waals surface area contributed by atoms with Crippen LogP contribution in [0.15, 0.2) is 36.0 Å². The largest absolute Gasteiger partial charge is 0.497 e. The summed E-state index contributed by atoms with van der Waals surface area (Å²) in [5.74, 6) is 0.908. The summed E-state index contributed by atoms with van der Waals surface area (Å²) < 4.78 is 5.16. The van der Waals surface area contributed by atoms with Crippen LogP contribution in [0.25, 0.3) is 0 Å². The van der Waals surface area contributed by atoms with Crippen molar-refractivity contribution in [3.05, 3.63) is 46.4 Å². The summed E-state index contributed by atoms with van der Waals surface area (Å²) in [5, 5.41) is 2.93.